The minimum atomic E-state index is -4.70. The topological polar surface area (TPSA) is 30.5 Å². The van der Waals surface area contributed by atoms with Crippen molar-refractivity contribution in [3.05, 3.63) is 48.5 Å². The molecule has 0 spiro atoms. The van der Waals surface area contributed by atoms with Gasteiger partial charge >= 0.3 is 6.36 Å². The first-order valence-corrected chi connectivity index (χ1v) is 8.83. The Morgan fingerprint density at radius 3 is 2.04 bits per heavy atom. The van der Waals surface area contributed by atoms with Gasteiger partial charge in [-0.15, -0.1) is 13.2 Å². The van der Waals surface area contributed by atoms with E-state index < -0.39 is 6.36 Å². The van der Waals surface area contributed by atoms with E-state index in [4.69, 9.17) is 4.74 Å². The third-order valence-electron chi connectivity index (χ3n) is 4.97. The summed E-state index contributed by atoms with van der Waals surface area (Å²) >= 11 is 0. The van der Waals surface area contributed by atoms with E-state index in [0.29, 0.717) is 17.6 Å². The molecule has 2 fully saturated rings. The van der Waals surface area contributed by atoms with Gasteiger partial charge in [0.2, 0.25) is 0 Å². The van der Waals surface area contributed by atoms with Crippen molar-refractivity contribution in [2.45, 2.75) is 50.2 Å². The van der Waals surface area contributed by atoms with Crippen molar-refractivity contribution in [3.63, 3.8) is 0 Å². The van der Waals surface area contributed by atoms with Crippen LogP contribution in [0.5, 0.6) is 11.5 Å². The summed E-state index contributed by atoms with van der Waals surface area (Å²) in [5.74, 6) is 0.521. The number of benzene rings is 2. The number of rotatable bonds is 4. The molecule has 2 aliphatic heterocycles. The molecule has 0 radical (unpaired) electrons. The molecule has 0 saturated carbocycles. The molecule has 2 aromatic rings. The largest absolute Gasteiger partial charge is 0.573 e. The Hall–Kier alpha value is -2.21. The predicted molar refractivity (Wildman–Crippen MR) is 92.2 cm³/mol. The van der Waals surface area contributed by atoms with Crippen molar-refractivity contribution >= 4 is 0 Å². The maximum Gasteiger partial charge on any atom is 0.573 e. The molecular formula is C20H20F3NO2. The lowest BCUT2D eigenvalue weighted by Crippen LogP contribution is -2.42. The van der Waals surface area contributed by atoms with Crippen LogP contribution in [-0.2, 0) is 0 Å². The summed E-state index contributed by atoms with van der Waals surface area (Å²) in [7, 11) is 0. The van der Waals surface area contributed by atoms with Gasteiger partial charge in [-0.1, -0.05) is 24.3 Å². The number of nitrogens with one attached hydrogen (secondary N) is 1. The highest BCUT2D eigenvalue weighted by Gasteiger charge is 2.34. The molecule has 2 heterocycles. The molecule has 1 unspecified atom stereocenters. The molecule has 2 aromatic carbocycles. The van der Waals surface area contributed by atoms with Crippen LogP contribution in [0.15, 0.2) is 48.5 Å². The fourth-order valence-corrected chi connectivity index (χ4v) is 3.92. The van der Waals surface area contributed by atoms with Crippen molar-refractivity contribution in [1.29, 1.82) is 0 Å². The van der Waals surface area contributed by atoms with Crippen molar-refractivity contribution in [3.8, 4) is 22.6 Å². The summed E-state index contributed by atoms with van der Waals surface area (Å²) < 4.78 is 47.4. The zero-order chi connectivity index (χ0) is 18.1. The van der Waals surface area contributed by atoms with Gasteiger partial charge in [0.1, 0.15) is 17.6 Å². The lowest BCUT2D eigenvalue weighted by Gasteiger charge is -2.29. The Kier molecular flexibility index (Phi) is 4.53. The van der Waals surface area contributed by atoms with E-state index in [1.165, 1.54) is 25.0 Å². The van der Waals surface area contributed by atoms with E-state index in [1.807, 2.05) is 24.3 Å². The maximum atomic E-state index is 12.4. The molecule has 6 heteroatoms. The van der Waals surface area contributed by atoms with Gasteiger partial charge in [0.05, 0.1) is 0 Å². The standard InChI is InChI=1S/C20H20F3NO2/c21-20(22,23)26-18-6-2-4-14(10-18)13-3-1-5-17(9-13)25-19-11-15-7-8-16(12-19)24-15/h1-6,9-10,15-16,19,24H,7-8,11-12H2/t15-,16+,19?. The Labute approximate surface area is 150 Å². The summed E-state index contributed by atoms with van der Waals surface area (Å²) in [4.78, 5) is 0. The summed E-state index contributed by atoms with van der Waals surface area (Å²) in [5.41, 5.74) is 1.45. The van der Waals surface area contributed by atoms with Crippen molar-refractivity contribution in [1.82, 2.24) is 5.32 Å². The van der Waals surface area contributed by atoms with E-state index in [1.54, 1.807) is 12.1 Å². The number of ether oxygens (including phenoxy) is 2. The predicted octanol–water partition coefficient (Wildman–Crippen LogP) is 4.91. The van der Waals surface area contributed by atoms with Gasteiger partial charge in [-0.3, -0.25) is 0 Å². The minimum Gasteiger partial charge on any atom is -0.490 e. The van der Waals surface area contributed by atoms with Gasteiger partial charge in [-0.05, 0) is 61.1 Å². The van der Waals surface area contributed by atoms with Gasteiger partial charge in [0.25, 0.3) is 0 Å². The van der Waals surface area contributed by atoms with E-state index in [-0.39, 0.29) is 11.9 Å². The first kappa shape index (κ1) is 17.2. The minimum absolute atomic E-state index is 0.184. The first-order valence-electron chi connectivity index (χ1n) is 8.83. The maximum absolute atomic E-state index is 12.4. The molecule has 0 aliphatic carbocycles. The lowest BCUT2D eigenvalue weighted by atomic mass is 10.0. The van der Waals surface area contributed by atoms with Crippen molar-refractivity contribution in [2.24, 2.45) is 0 Å². The van der Waals surface area contributed by atoms with Gasteiger partial charge in [0, 0.05) is 12.1 Å². The second-order valence-electron chi connectivity index (χ2n) is 6.95. The van der Waals surface area contributed by atoms with E-state index in [0.717, 1.165) is 24.2 Å². The summed E-state index contributed by atoms with van der Waals surface area (Å²) in [6, 6.07) is 14.5. The molecule has 138 valence electrons. The highest BCUT2D eigenvalue weighted by atomic mass is 19.4. The third kappa shape index (κ3) is 4.12. The van der Waals surface area contributed by atoms with Crippen LogP contribution in [-0.4, -0.2) is 24.6 Å². The summed E-state index contributed by atoms with van der Waals surface area (Å²) in [6.07, 6.45) is -0.111. The highest BCUT2D eigenvalue weighted by Crippen LogP contribution is 2.32. The highest BCUT2D eigenvalue weighted by molar-refractivity contribution is 5.66. The van der Waals surface area contributed by atoms with Crippen molar-refractivity contribution in [2.75, 3.05) is 0 Å². The van der Waals surface area contributed by atoms with Crippen LogP contribution in [0.4, 0.5) is 13.2 Å². The normalized spacial score (nSPS) is 25.1. The summed E-state index contributed by atoms with van der Waals surface area (Å²) in [5, 5.41) is 3.58. The molecule has 1 N–H and O–H groups in total. The molecule has 0 amide bonds. The molecular weight excluding hydrogens is 343 g/mol. The Balaban J connectivity index is 1.50. The van der Waals surface area contributed by atoms with Gasteiger partial charge in [0.15, 0.2) is 0 Å². The van der Waals surface area contributed by atoms with Crippen LogP contribution >= 0.6 is 0 Å². The zero-order valence-corrected chi connectivity index (χ0v) is 14.1. The molecule has 2 aliphatic rings. The number of hydrogen-bond acceptors (Lipinski definition) is 3. The van der Waals surface area contributed by atoms with Crippen LogP contribution in [0.2, 0.25) is 0 Å². The van der Waals surface area contributed by atoms with Gasteiger partial charge in [-0.2, -0.15) is 0 Å². The quantitative estimate of drug-likeness (QED) is 0.837. The Bertz CT molecular complexity index is 766. The number of alkyl halides is 3. The number of fused-ring (bicyclic) bond motifs is 2. The average Bonchev–Trinajstić information content (AvgIpc) is 2.92. The molecule has 26 heavy (non-hydrogen) atoms. The third-order valence-corrected chi connectivity index (χ3v) is 4.97. The zero-order valence-electron chi connectivity index (χ0n) is 14.1. The summed E-state index contributed by atoms with van der Waals surface area (Å²) in [6.45, 7) is 0. The molecule has 3 atom stereocenters. The lowest BCUT2D eigenvalue weighted by molar-refractivity contribution is -0.274. The molecule has 0 aromatic heterocycles. The fraction of sp³-hybridized carbons (Fsp3) is 0.400. The van der Waals surface area contributed by atoms with E-state index in [9.17, 15) is 13.2 Å². The number of halogens is 3. The van der Waals surface area contributed by atoms with Crippen LogP contribution in [0, 0.1) is 0 Å². The number of hydrogen-bond donors (Lipinski definition) is 1. The van der Waals surface area contributed by atoms with Gasteiger partial charge in [-0.25, -0.2) is 0 Å². The monoisotopic (exact) mass is 363 g/mol. The smallest absolute Gasteiger partial charge is 0.490 e. The second kappa shape index (κ2) is 6.83. The van der Waals surface area contributed by atoms with Crippen LogP contribution in [0.25, 0.3) is 11.1 Å². The Morgan fingerprint density at radius 1 is 0.846 bits per heavy atom. The molecule has 2 bridgehead atoms. The average molecular weight is 363 g/mol. The molecule has 4 rings (SSSR count). The van der Waals surface area contributed by atoms with Gasteiger partial charge < -0.3 is 14.8 Å². The molecule has 2 saturated heterocycles. The Morgan fingerprint density at radius 2 is 1.42 bits per heavy atom. The molecule has 3 nitrogen and oxygen atoms in total. The second-order valence-corrected chi connectivity index (χ2v) is 6.95. The first-order chi connectivity index (χ1) is 12.4. The van der Waals surface area contributed by atoms with Crippen LogP contribution in [0.3, 0.4) is 0 Å². The fourth-order valence-electron chi connectivity index (χ4n) is 3.92. The SMILES string of the molecule is FC(F)(F)Oc1cccc(-c2cccc(OC3C[C@H]4CC[C@@H](C3)N4)c2)c1. The van der Waals surface area contributed by atoms with Crippen molar-refractivity contribution < 1.29 is 22.6 Å². The number of piperidine rings is 1. The van der Waals surface area contributed by atoms with E-state index >= 15 is 0 Å². The van der Waals surface area contributed by atoms with Crippen LogP contribution in [0.1, 0.15) is 25.7 Å². The van der Waals surface area contributed by atoms with E-state index in [2.05, 4.69) is 10.1 Å². The van der Waals surface area contributed by atoms with Crippen LogP contribution < -0.4 is 14.8 Å².